The number of halogens is 1. The predicted molar refractivity (Wildman–Crippen MR) is 426 cm³/mol. The molecule has 27 heteroatoms. The van der Waals surface area contributed by atoms with Crippen LogP contribution in [-0.2, 0) is 39.4 Å². The molecule has 0 saturated carbocycles. The largest absolute Gasteiger partial charge is 0.462 e. The van der Waals surface area contributed by atoms with Gasteiger partial charge in [0.05, 0.1) is 57.3 Å². The number of fused-ring (bicyclic) bond motifs is 3. The van der Waals surface area contributed by atoms with Crippen molar-refractivity contribution in [3.05, 3.63) is 202 Å². The number of carbonyl (C=O) groups is 5. The van der Waals surface area contributed by atoms with Crippen molar-refractivity contribution in [3.63, 3.8) is 0 Å². The summed E-state index contributed by atoms with van der Waals surface area (Å²) in [5.74, 6) is -1.37. The molecule has 12 rings (SSSR count). The lowest BCUT2D eigenvalue weighted by molar-refractivity contribution is 0.0514. The van der Waals surface area contributed by atoms with Crippen molar-refractivity contribution in [1.29, 1.82) is 0 Å². The number of benzene rings is 4. The van der Waals surface area contributed by atoms with Gasteiger partial charge in [0, 0.05) is 144 Å². The first-order valence-corrected chi connectivity index (χ1v) is 37.7. The number of esters is 2. The van der Waals surface area contributed by atoms with Crippen molar-refractivity contribution >= 4 is 112 Å². The zero-order valence-corrected chi connectivity index (χ0v) is 62.2. The number of anilines is 3. The van der Waals surface area contributed by atoms with Gasteiger partial charge in [0.15, 0.2) is 14.7 Å². The van der Waals surface area contributed by atoms with Gasteiger partial charge in [-0.05, 0) is 147 Å². The number of rotatable bonds is 19. The molecule has 3 fully saturated rings. The third-order valence-electron chi connectivity index (χ3n) is 18.5. The number of hydrogen-bond donors (Lipinski definition) is 0. The lowest BCUT2D eigenvalue weighted by Crippen LogP contribution is -2.49. The van der Waals surface area contributed by atoms with E-state index >= 15 is 0 Å². The van der Waals surface area contributed by atoms with Gasteiger partial charge >= 0.3 is 11.9 Å². The van der Waals surface area contributed by atoms with E-state index in [1.165, 1.54) is 22.1 Å². The van der Waals surface area contributed by atoms with Crippen LogP contribution in [0.3, 0.4) is 0 Å². The molecular weight excluding hydrogens is 1410 g/mol. The minimum Gasteiger partial charge on any atom is -0.462 e. The summed E-state index contributed by atoms with van der Waals surface area (Å²) < 4.78 is 40.6. The van der Waals surface area contributed by atoms with Crippen LogP contribution in [0.4, 0.5) is 17.1 Å². The van der Waals surface area contributed by atoms with Crippen molar-refractivity contribution in [2.45, 2.75) is 73.9 Å². The molecule has 0 unspecified atom stereocenters. The molecule has 3 saturated heterocycles. The minimum atomic E-state index is -3.76. The van der Waals surface area contributed by atoms with Crippen LogP contribution in [0, 0.1) is 6.92 Å². The fourth-order valence-corrected chi connectivity index (χ4v) is 15.3. The molecule has 568 valence electrons. The van der Waals surface area contributed by atoms with Crippen molar-refractivity contribution in [3.8, 4) is 0 Å². The molecule has 0 bridgehead atoms. The number of thiophene rings is 1. The molecule has 3 amide bonds. The van der Waals surface area contributed by atoms with Gasteiger partial charge in [0.25, 0.3) is 34.4 Å². The molecule has 0 radical (unpaired) electrons. The van der Waals surface area contributed by atoms with Gasteiger partial charge in [0.2, 0.25) is 0 Å². The van der Waals surface area contributed by atoms with Gasteiger partial charge in [-0.3, -0.25) is 33.8 Å². The second-order valence-corrected chi connectivity index (χ2v) is 29.4. The maximum Gasteiger partial charge on any atom is 0.345 e. The quantitative estimate of drug-likeness (QED) is 0.0683. The number of hydrogen-bond acceptors (Lipinski definition) is 19. The van der Waals surface area contributed by atoms with Crippen LogP contribution in [0.25, 0.3) is 32.7 Å². The Hall–Kier alpha value is -9.73. The standard InChI is InChI=1S/C29H35ClN4O4.C26H32N4O4S.C21H22N4O4S.3CH4/c1-5-38-29(37)25-26(32-15-17-33(18-16-32)27(35)21-8-10-22(30)11-9-21)23-19-20(2)7-12-24(23)34(28(25)36)14-6-13-31(3)4;1-4-34-26(33)22-23(28-14-16-29(17-15-28)24(31)21-11-7-18-35-21)19-9-5-6-10-20(19)30(25(22)32)13-8-12-27(2)3;1-23-17-8-4-3-7-16(17)18(19(21(23)27)30(2,28)29)24-10-12-25(13-11-24)20(26)15-6-5-9-22-14-15;;;/h7-12,19H,5-6,13-18H2,1-4H3;5-7,9-11,18H,4,8,12-17H2,1-3H3;3-9,14H,10-13H2,1-2H3;3*1H4. The molecule has 5 aromatic heterocycles. The van der Waals surface area contributed by atoms with Gasteiger partial charge in [0.1, 0.15) is 11.1 Å². The Bertz CT molecular complexity index is 4870. The highest BCUT2D eigenvalue weighted by molar-refractivity contribution is 7.90. The summed E-state index contributed by atoms with van der Waals surface area (Å²) in [5, 5.41) is 4.87. The van der Waals surface area contributed by atoms with Gasteiger partial charge in [-0.25, -0.2) is 18.0 Å². The van der Waals surface area contributed by atoms with Crippen LogP contribution >= 0.6 is 22.9 Å². The number of pyridine rings is 4. The Labute approximate surface area is 630 Å². The number of amides is 3. The molecule has 9 aromatic rings. The molecule has 0 N–H and O–H groups in total. The highest BCUT2D eigenvalue weighted by Gasteiger charge is 2.35. The summed E-state index contributed by atoms with van der Waals surface area (Å²) in [6, 6.07) is 35.0. The first-order chi connectivity index (χ1) is 49.4. The molecule has 8 heterocycles. The van der Waals surface area contributed by atoms with Crippen LogP contribution in [0.5, 0.6) is 0 Å². The molecule has 3 aliphatic heterocycles. The van der Waals surface area contributed by atoms with Crippen molar-refractivity contribution in [2.75, 3.05) is 154 Å². The van der Waals surface area contributed by atoms with Crippen LogP contribution in [0.2, 0.25) is 5.02 Å². The molecule has 0 aliphatic carbocycles. The van der Waals surface area contributed by atoms with Gasteiger partial charge in [-0.2, -0.15) is 0 Å². The van der Waals surface area contributed by atoms with Crippen molar-refractivity contribution in [2.24, 2.45) is 7.05 Å². The number of nitrogens with zero attached hydrogens (tertiary/aromatic N) is 12. The lowest BCUT2D eigenvalue weighted by atomic mass is 10.0. The van der Waals surface area contributed by atoms with Crippen LogP contribution in [0.1, 0.15) is 106 Å². The van der Waals surface area contributed by atoms with E-state index in [1.807, 2.05) is 128 Å². The fourth-order valence-electron chi connectivity index (χ4n) is 13.4. The highest BCUT2D eigenvalue weighted by atomic mass is 35.5. The van der Waals surface area contributed by atoms with Gasteiger partial charge < -0.3 is 62.4 Å². The number of para-hydroxylation sites is 2. The Balaban J connectivity index is 0.000000220. The molecule has 0 atom stereocenters. The fraction of sp³-hybridized carbons (Fsp3) is 0.405. The first-order valence-electron chi connectivity index (χ1n) is 34.5. The molecule has 0 spiro atoms. The monoisotopic (exact) mass is 1510 g/mol. The Morgan fingerprint density at radius 3 is 1.44 bits per heavy atom. The van der Waals surface area contributed by atoms with Gasteiger partial charge in [-0.1, -0.05) is 88.0 Å². The SMILES string of the molecule is C.C.C.CCOC(=O)c1c(N2CCN(C(=O)c3ccc(Cl)cc3)CC2)c2cc(C)ccc2n(CCCN(C)C)c1=O.CCOC(=O)c1c(N2CCN(C(=O)c3cccs3)CC2)c2ccccc2n(CCCN(C)C)c1=O.Cn1c(=O)c(S(C)(=O)=O)c(N2CCN(C(=O)c3cccnc3)CC2)c2ccccc21. The van der Waals surface area contributed by atoms with E-state index in [2.05, 4.69) is 19.7 Å². The molecule has 24 nitrogen and oxygen atoms in total. The molecule has 3 aliphatic rings. The van der Waals surface area contributed by atoms with E-state index in [4.69, 9.17) is 21.1 Å². The van der Waals surface area contributed by atoms with E-state index in [-0.39, 0.29) is 80.4 Å². The third kappa shape index (κ3) is 18.9. The summed E-state index contributed by atoms with van der Waals surface area (Å²) in [7, 11) is 5.80. The second-order valence-electron chi connectivity index (χ2n) is 26.0. The van der Waals surface area contributed by atoms with Crippen LogP contribution < -0.4 is 31.4 Å². The normalized spacial score (nSPS) is 13.8. The zero-order valence-electron chi connectivity index (χ0n) is 59.8. The number of aromatic nitrogens is 4. The Kier molecular flexibility index (Phi) is 29.6. The second kappa shape index (κ2) is 37.5. The van der Waals surface area contributed by atoms with E-state index in [0.29, 0.717) is 136 Å². The number of carbonyl (C=O) groups excluding carboxylic acids is 5. The maximum absolute atomic E-state index is 13.9. The number of ether oxygens (including phenoxy) is 2. The summed E-state index contributed by atoms with van der Waals surface area (Å²) in [4.78, 5) is 125. The zero-order chi connectivity index (χ0) is 73.8. The molecule has 106 heavy (non-hydrogen) atoms. The average Bonchev–Trinajstić information content (AvgIpc) is 0.784. The number of piperazine rings is 3. The lowest BCUT2D eigenvalue weighted by Gasteiger charge is -2.37. The van der Waals surface area contributed by atoms with E-state index < -0.39 is 27.3 Å². The topological polar surface area (TPSA) is 243 Å². The van der Waals surface area contributed by atoms with Crippen LogP contribution in [-0.4, -0.2) is 221 Å². The van der Waals surface area contributed by atoms with E-state index in [9.17, 15) is 46.8 Å². The van der Waals surface area contributed by atoms with E-state index in [0.717, 1.165) is 64.4 Å². The third-order valence-corrected chi connectivity index (χ3v) is 20.7. The maximum atomic E-state index is 13.9. The Morgan fingerprint density at radius 2 is 0.981 bits per heavy atom. The number of aryl methyl sites for hydroxylation is 4. The molecule has 4 aromatic carbocycles. The summed E-state index contributed by atoms with van der Waals surface area (Å²) >= 11 is 7.41. The Morgan fingerprint density at radius 1 is 0.528 bits per heavy atom. The highest BCUT2D eigenvalue weighted by Crippen LogP contribution is 2.36. The summed E-state index contributed by atoms with van der Waals surface area (Å²) in [6.07, 6.45) is 5.75. The van der Waals surface area contributed by atoms with E-state index in [1.54, 1.807) is 88.5 Å². The first kappa shape index (κ1) is 83.5. The molecular formula is C79H101ClN12O12S2. The minimum absolute atomic E-state index is 0. The number of sulfone groups is 1. The predicted octanol–water partition coefficient (Wildman–Crippen LogP) is 10.4. The van der Waals surface area contributed by atoms with Crippen LogP contribution in [0.15, 0.2) is 152 Å². The van der Waals surface area contributed by atoms with Gasteiger partial charge in [-0.15, -0.1) is 11.3 Å². The summed E-state index contributed by atoms with van der Waals surface area (Å²) in [5.41, 5.74) is 4.94. The summed E-state index contributed by atoms with van der Waals surface area (Å²) in [6.45, 7) is 14.1. The van der Waals surface area contributed by atoms with Crippen molar-refractivity contribution in [1.82, 2.24) is 43.2 Å². The smallest absolute Gasteiger partial charge is 0.345 e. The average molecular weight is 1510 g/mol. The van der Waals surface area contributed by atoms with Crippen molar-refractivity contribution < 1.29 is 41.9 Å².